The van der Waals surface area contributed by atoms with E-state index in [1.165, 1.54) is 61.2 Å². The van der Waals surface area contributed by atoms with Gasteiger partial charge in [-0.1, -0.05) is 92.8 Å². The Kier molecular flexibility index (Phi) is 8.07. The molecule has 0 radical (unpaired) electrons. The smallest absolute Gasteiger partial charge is 0.263 e. The number of hydrogen-bond donors (Lipinski definition) is 0. The molecule has 2 aromatic carbocycles. The molecule has 1 aromatic heterocycles. The van der Waals surface area contributed by atoms with Crippen molar-refractivity contribution >= 4 is 45.1 Å². The minimum absolute atomic E-state index is 0.255. The summed E-state index contributed by atoms with van der Waals surface area (Å²) in [6, 6.07) is 17.6. The van der Waals surface area contributed by atoms with Gasteiger partial charge in [0.1, 0.15) is 4.70 Å². The molecule has 2 heterocycles. The molecule has 3 aromatic rings. The van der Waals surface area contributed by atoms with Gasteiger partial charge in [-0.2, -0.15) is 4.57 Å². The Morgan fingerprint density at radius 2 is 1.81 bits per heavy atom. The van der Waals surface area contributed by atoms with Crippen LogP contribution in [0.3, 0.4) is 0 Å². The van der Waals surface area contributed by atoms with Crippen LogP contribution in [0.2, 0.25) is 0 Å². The SMILES string of the molecule is CCCCC[n+]1c(/C=C2/C=C(C=CC=C3Sc4ccccc4N3CC)CC(C)(C)C2)sc2ccccc21. The third-order valence-corrected chi connectivity index (χ3v) is 9.41. The maximum absolute atomic E-state index is 2.55. The molecule has 1 aliphatic carbocycles. The highest BCUT2D eigenvalue weighted by atomic mass is 32.2. The number of allylic oxidation sites excluding steroid dienone is 6. The fourth-order valence-electron chi connectivity index (χ4n) is 5.53. The highest BCUT2D eigenvalue weighted by molar-refractivity contribution is 8.03. The van der Waals surface area contributed by atoms with Gasteiger partial charge in [-0.15, -0.1) is 0 Å². The highest BCUT2D eigenvalue weighted by Crippen LogP contribution is 2.45. The third kappa shape index (κ3) is 5.97. The summed E-state index contributed by atoms with van der Waals surface area (Å²) in [7, 11) is 0. The number of thiazole rings is 1. The van der Waals surface area contributed by atoms with Crippen LogP contribution in [0.15, 0.2) is 93.9 Å². The van der Waals surface area contributed by atoms with Crippen LogP contribution in [0.4, 0.5) is 5.69 Å². The molecular formula is C33H39N2S2+. The molecule has 2 aliphatic rings. The van der Waals surface area contributed by atoms with E-state index in [1.54, 1.807) is 0 Å². The molecule has 4 heteroatoms. The van der Waals surface area contributed by atoms with Gasteiger partial charge in [0, 0.05) is 30.0 Å². The van der Waals surface area contributed by atoms with Crippen molar-refractivity contribution in [2.24, 2.45) is 5.41 Å². The van der Waals surface area contributed by atoms with Crippen molar-refractivity contribution in [2.45, 2.75) is 71.2 Å². The summed E-state index contributed by atoms with van der Waals surface area (Å²) in [5.41, 5.74) is 5.81. The van der Waals surface area contributed by atoms with Gasteiger partial charge in [0.05, 0.1) is 10.7 Å². The van der Waals surface area contributed by atoms with E-state index in [-0.39, 0.29) is 5.41 Å². The minimum atomic E-state index is 0.255. The van der Waals surface area contributed by atoms with E-state index in [0.29, 0.717) is 0 Å². The lowest BCUT2D eigenvalue weighted by Crippen LogP contribution is -2.35. The standard InChI is InChI=1S/C33H39N2S2/c1-5-7-12-20-35-28-16-9-11-18-30(28)37-32(35)22-26-21-25(23-33(3,4)24-26)14-13-19-31-34(6-2)27-15-8-10-17-29(27)36-31/h8-11,13-19,21-22H,5-7,12,20,23-24H2,1-4H3/q+1. The summed E-state index contributed by atoms with van der Waals surface area (Å²) < 4.78 is 3.93. The number of fused-ring (bicyclic) bond motifs is 2. The van der Waals surface area contributed by atoms with E-state index < -0.39 is 0 Å². The zero-order valence-electron chi connectivity index (χ0n) is 22.7. The number of unbranched alkanes of at least 4 members (excludes halogenated alkanes) is 2. The third-order valence-electron chi connectivity index (χ3n) is 7.17. The summed E-state index contributed by atoms with van der Waals surface area (Å²) in [5.74, 6) is 0. The average Bonchev–Trinajstić information content (AvgIpc) is 3.40. The molecule has 0 N–H and O–H groups in total. The van der Waals surface area contributed by atoms with Crippen molar-refractivity contribution in [1.82, 2.24) is 0 Å². The zero-order chi connectivity index (χ0) is 25.8. The Morgan fingerprint density at radius 3 is 2.65 bits per heavy atom. The number of aryl methyl sites for hydroxylation is 1. The maximum Gasteiger partial charge on any atom is 0.263 e. The fourth-order valence-corrected chi connectivity index (χ4v) is 7.84. The number of aromatic nitrogens is 1. The van der Waals surface area contributed by atoms with Crippen molar-refractivity contribution in [2.75, 3.05) is 11.4 Å². The van der Waals surface area contributed by atoms with E-state index in [9.17, 15) is 0 Å². The normalized spacial score (nSPS) is 19.4. The van der Waals surface area contributed by atoms with Gasteiger partial charge >= 0.3 is 0 Å². The van der Waals surface area contributed by atoms with E-state index >= 15 is 0 Å². The molecule has 0 bridgehead atoms. The number of rotatable bonds is 8. The van der Waals surface area contributed by atoms with Gasteiger partial charge in [-0.05, 0) is 67.0 Å². The quantitative estimate of drug-likeness (QED) is 0.213. The number of anilines is 1. The van der Waals surface area contributed by atoms with E-state index in [2.05, 4.69) is 116 Å². The first-order chi connectivity index (χ1) is 18.0. The predicted octanol–water partition coefficient (Wildman–Crippen LogP) is 9.54. The molecule has 0 atom stereocenters. The molecule has 0 fully saturated rings. The Labute approximate surface area is 231 Å². The number of nitrogens with zero attached hydrogens (tertiary/aromatic N) is 2. The van der Waals surface area contributed by atoms with E-state index in [1.807, 2.05) is 23.1 Å². The molecule has 0 spiro atoms. The van der Waals surface area contributed by atoms with Crippen LogP contribution in [-0.4, -0.2) is 6.54 Å². The lowest BCUT2D eigenvalue weighted by atomic mass is 9.75. The molecule has 1 aliphatic heterocycles. The average molecular weight is 528 g/mol. The molecule has 0 amide bonds. The van der Waals surface area contributed by atoms with Crippen LogP contribution < -0.4 is 9.47 Å². The van der Waals surface area contributed by atoms with Crippen LogP contribution >= 0.6 is 23.1 Å². The lowest BCUT2D eigenvalue weighted by Gasteiger charge is -2.30. The molecule has 37 heavy (non-hydrogen) atoms. The highest BCUT2D eigenvalue weighted by Gasteiger charge is 2.27. The second-order valence-corrected chi connectivity index (χ2v) is 13.0. The molecule has 0 saturated heterocycles. The summed E-state index contributed by atoms with van der Waals surface area (Å²) in [6.07, 6.45) is 17.8. The van der Waals surface area contributed by atoms with Gasteiger partial charge in [-0.3, -0.25) is 0 Å². The van der Waals surface area contributed by atoms with Crippen LogP contribution in [0, 0.1) is 5.41 Å². The number of hydrogen-bond acceptors (Lipinski definition) is 3. The van der Waals surface area contributed by atoms with Gasteiger partial charge in [-0.25, -0.2) is 0 Å². The summed E-state index contributed by atoms with van der Waals surface area (Å²) in [5, 5.41) is 2.69. The summed E-state index contributed by atoms with van der Waals surface area (Å²) in [4.78, 5) is 3.76. The van der Waals surface area contributed by atoms with Crippen LogP contribution in [0.5, 0.6) is 0 Å². The van der Waals surface area contributed by atoms with Crippen molar-refractivity contribution < 1.29 is 4.57 Å². The lowest BCUT2D eigenvalue weighted by molar-refractivity contribution is -0.669. The molecule has 5 rings (SSSR count). The first kappa shape index (κ1) is 26.1. The van der Waals surface area contributed by atoms with Gasteiger partial charge in [0.2, 0.25) is 5.52 Å². The second-order valence-electron chi connectivity index (χ2n) is 10.9. The molecular weight excluding hydrogens is 489 g/mol. The van der Waals surface area contributed by atoms with E-state index in [4.69, 9.17) is 0 Å². The van der Waals surface area contributed by atoms with E-state index in [0.717, 1.165) is 25.9 Å². The van der Waals surface area contributed by atoms with Gasteiger partial charge < -0.3 is 4.90 Å². The Hall–Kier alpha value is -2.56. The van der Waals surface area contributed by atoms with Crippen LogP contribution in [0.1, 0.15) is 64.8 Å². The van der Waals surface area contributed by atoms with Crippen LogP contribution in [0.25, 0.3) is 16.3 Å². The van der Waals surface area contributed by atoms with Gasteiger partial charge in [0.15, 0.2) is 6.54 Å². The summed E-state index contributed by atoms with van der Waals surface area (Å²) in [6.45, 7) is 11.4. The Bertz CT molecular complexity index is 1390. The van der Waals surface area contributed by atoms with Crippen molar-refractivity contribution in [3.05, 3.63) is 94.0 Å². The minimum Gasteiger partial charge on any atom is -0.335 e. The monoisotopic (exact) mass is 527 g/mol. The van der Waals surface area contributed by atoms with Gasteiger partial charge in [0.25, 0.3) is 5.01 Å². The number of para-hydroxylation sites is 2. The molecule has 2 nitrogen and oxygen atoms in total. The second kappa shape index (κ2) is 11.4. The van der Waals surface area contributed by atoms with Crippen LogP contribution in [-0.2, 0) is 6.54 Å². The predicted molar refractivity (Wildman–Crippen MR) is 163 cm³/mol. The maximum atomic E-state index is 2.55. The molecule has 0 unspecified atom stereocenters. The molecule has 192 valence electrons. The number of benzene rings is 2. The number of thioether (sulfide) groups is 1. The Balaban J connectivity index is 1.42. The topological polar surface area (TPSA) is 7.12 Å². The van der Waals surface area contributed by atoms with Crippen molar-refractivity contribution in [3.8, 4) is 0 Å². The Morgan fingerprint density at radius 1 is 1.00 bits per heavy atom. The molecule has 0 saturated carbocycles. The first-order valence-electron chi connectivity index (χ1n) is 13.7. The zero-order valence-corrected chi connectivity index (χ0v) is 24.3. The fraction of sp³-hybridized carbons (Fsp3) is 0.364. The summed E-state index contributed by atoms with van der Waals surface area (Å²) >= 11 is 3.80. The van der Waals surface area contributed by atoms with Crippen molar-refractivity contribution in [3.63, 3.8) is 0 Å². The van der Waals surface area contributed by atoms with Crippen molar-refractivity contribution in [1.29, 1.82) is 0 Å². The first-order valence-corrected chi connectivity index (χ1v) is 15.4. The largest absolute Gasteiger partial charge is 0.335 e.